The average Bonchev–Trinajstić information content (AvgIpc) is 2.59. The van der Waals surface area contributed by atoms with Crippen LogP contribution >= 0.6 is 7.60 Å². The molecule has 0 saturated carbocycles. The Morgan fingerprint density at radius 2 is 1.69 bits per heavy atom. The summed E-state index contributed by atoms with van der Waals surface area (Å²) >= 11 is 0. The first-order chi connectivity index (χ1) is 12.4. The second-order valence-corrected chi connectivity index (χ2v) is 7.44. The molecular weight excluding hydrogens is 361 g/mol. The molecular formula is C17H26NO7P. The Morgan fingerprint density at radius 3 is 2.23 bits per heavy atom. The third-order valence-corrected chi connectivity index (χ3v) is 5.31. The molecule has 0 saturated heterocycles. The lowest BCUT2D eigenvalue weighted by Crippen LogP contribution is -2.41. The van der Waals surface area contributed by atoms with Crippen LogP contribution in [0.4, 0.5) is 4.79 Å². The first-order valence-corrected chi connectivity index (χ1v) is 10.1. The van der Waals surface area contributed by atoms with E-state index in [1.807, 2.05) is 30.3 Å². The van der Waals surface area contributed by atoms with E-state index in [1.165, 1.54) is 6.92 Å². The first-order valence-electron chi connectivity index (χ1n) is 8.37. The number of ether oxygens (including phenoxy) is 2. The summed E-state index contributed by atoms with van der Waals surface area (Å²) in [6, 6.07) is 8.40. The number of nitrogens with one attached hydrogen (secondary N) is 1. The molecule has 0 aliphatic rings. The number of carbonyl (C=O) groups excluding carboxylic acids is 2. The van der Waals surface area contributed by atoms with E-state index < -0.39 is 25.7 Å². The van der Waals surface area contributed by atoms with E-state index in [-0.39, 0.29) is 32.6 Å². The van der Waals surface area contributed by atoms with Crippen LogP contribution in [0.15, 0.2) is 30.3 Å². The topological polar surface area (TPSA) is 100 Å². The van der Waals surface area contributed by atoms with Crippen molar-refractivity contribution in [2.24, 2.45) is 0 Å². The number of hydrogen-bond donors (Lipinski definition) is 1. The van der Waals surface area contributed by atoms with Gasteiger partial charge in [-0.2, -0.15) is 0 Å². The van der Waals surface area contributed by atoms with Crippen molar-refractivity contribution in [2.45, 2.75) is 33.4 Å². The van der Waals surface area contributed by atoms with Crippen LogP contribution in [0, 0.1) is 0 Å². The second-order valence-electron chi connectivity index (χ2n) is 5.33. The lowest BCUT2D eigenvalue weighted by molar-refractivity contribution is -0.141. The normalized spacial score (nSPS) is 12.3. The van der Waals surface area contributed by atoms with Crippen LogP contribution in [0.5, 0.6) is 0 Å². The summed E-state index contributed by atoms with van der Waals surface area (Å²) in [5.41, 5.74) is 0.827. The number of amides is 1. The minimum absolute atomic E-state index is 0.0849. The van der Waals surface area contributed by atoms with Gasteiger partial charge in [-0.1, -0.05) is 30.3 Å². The van der Waals surface area contributed by atoms with Gasteiger partial charge in [-0.15, -0.1) is 0 Å². The van der Waals surface area contributed by atoms with Gasteiger partial charge in [0.25, 0.3) is 0 Å². The monoisotopic (exact) mass is 387 g/mol. The number of benzene rings is 1. The van der Waals surface area contributed by atoms with Crippen LogP contribution in [0.1, 0.15) is 26.3 Å². The Bertz CT molecular complexity index is 598. The van der Waals surface area contributed by atoms with E-state index >= 15 is 0 Å². The molecule has 0 heterocycles. The molecule has 1 N–H and O–H groups in total. The molecule has 0 aliphatic carbocycles. The lowest BCUT2D eigenvalue weighted by atomic mass is 10.2. The summed E-state index contributed by atoms with van der Waals surface area (Å²) in [6.45, 7) is 4.92. The van der Waals surface area contributed by atoms with Crippen LogP contribution < -0.4 is 5.32 Å². The van der Waals surface area contributed by atoms with E-state index in [1.54, 1.807) is 13.8 Å². The number of alkyl carbamates (subject to hydrolysis) is 1. The molecule has 0 radical (unpaired) electrons. The van der Waals surface area contributed by atoms with E-state index in [0.717, 1.165) is 5.56 Å². The minimum Gasteiger partial charge on any atom is -0.464 e. The molecule has 1 atom stereocenters. The summed E-state index contributed by atoms with van der Waals surface area (Å²) in [4.78, 5) is 23.1. The van der Waals surface area contributed by atoms with Crippen LogP contribution in [0.2, 0.25) is 0 Å². The van der Waals surface area contributed by atoms with Crippen molar-refractivity contribution in [3.63, 3.8) is 0 Å². The van der Waals surface area contributed by atoms with Gasteiger partial charge in [0, 0.05) is 6.92 Å². The van der Waals surface area contributed by atoms with Gasteiger partial charge in [0.15, 0.2) is 0 Å². The Kier molecular flexibility index (Phi) is 9.95. The standard InChI is InChI=1S/C17H26NO7P/c1-4-24-26(21,25-5-2)13-16(12-22-14(3)19)18-17(20)23-11-15-9-7-6-8-10-15/h6-10,16H,4-5,11-13H2,1-3H3,(H,18,20)/t16-/m1/s1. The van der Waals surface area contributed by atoms with Crippen molar-refractivity contribution in [1.82, 2.24) is 5.32 Å². The molecule has 0 spiro atoms. The summed E-state index contributed by atoms with van der Waals surface area (Å²) < 4.78 is 33.2. The second kappa shape index (κ2) is 11.7. The molecule has 0 aromatic heterocycles. The maximum Gasteiger partial charge on any atom is 0.407 e. The van der Waals surface area contributed by atoms with Crippen molar-refractivity contribution in [1.29, 1.82) is 0 Å². The maximum absolute atomic E-state index is 12.7. The highest BCUT2D eigenvalue weighted by molar-refractivity contribution is 7.53. The van der Waals surface area contributed by atoms with Gasteiger partial charge in [-0.05, 0) is 19.4 Å². The van der Waals surface area contributed by atoms with Gasteiger partial charge < -0.3 is 23.8 Å². The predicted octanol–water partition coefficient (Wildman–Crippen LogP) is 3.11. The molecule has 26 heavy (non-hydrogen) atoms. The molecule has 9 heteroatoms. The fourth-order valence-electron chi connectivity index (χ4n) is 2.10. The van der Waals surface area contributed by atoms with Crippen LogP contribution in [-0.2, 0) is 34.5 Å². The van der Waals surface area contributed by atoms with Gasteiger partial charge in [0.05, 0.1) is 25.4 Å². The number of carbonyl (C=O) groups is 2. The van der Waals surface area contributed by atoms with Crippen molar-refractivity contribution >= 4 is 19.7 Å². The number of rotatable bonds is 11. The molecule has 1 aromatic rings. The molecule has 0 unspecified atom stereocenters. The van der Waals surface area contributed by atoms with E-state index in [0.29, 0.717) is 0 Å². The average molecular weight is 387 g/mol. The molecule has 8 nitrogen and oxygen atoms in total. The SMILES string of the molecule is CCOP(=O)(C[C@@H](COC(C)=O)NC(=O)OCc1ccccc1)OCC. The zero-order valence-corrected chi connectivity index (χ0v) is 16.2. The van der Waals surface area contributed by atoms with Gasteiger partial charge in [-0.3, -0.25) is 9.36 Å². The van der Waals surface area contributed by atoms with Gasteiger partial charge in [0.1, 0.15) is 13.2 Å². The zero-order chi connectivity index (χ0) is 19.4. The molecule has 1 rings (SSSR count). The summed E-state index contributed by atoms with van der Waals surface area (Å²) in [6.07, 6.45) is -0.854. The van der Waals surface area contributed by atoms with Crippen molar-refractivity contribution in [3.05, 3.63) is 35.9 Å². The fraction of sp³-hybridized carbons (Fsp3) is 0.529. The highest BCUT2D eigenvalue weighted by Crippen LogP contribution is 2.48. The number of esters is 1. The quantitative estimate of drug-likeness (QED) is 0.460. The van der Waals surface area contributed by atoms with Gasteiger partial charge in [0.2, 0.25) is 0 Å². The molecule has 146 valence electrons. The zero-order valence-electron chi connectivity index (χ0n) is 15.3. The number of hydrogen-bond acceptors (Lipinski definition) is 7. The van der Waals surface area contributed by atoms with Crippen LogP contribution in [0.25, 0.3) is 0 Å². The highest BCUT2D eigenvalue weighted by Gasteiger charge is 2.30. The molecule has 0 bridgehead atoms. The van der Waals surface area contributed by atoms with Gasteiger partial charge in [-0.25, -0.2) is 4.79 Å². The molecule has 1 amide bonds. The summed E-state index contributed by atoms with van der Waals surface area (Å²) in [5, 5.41) is 2.54. The summed E-state index contributed by atoms with van der Waals surface area (Å²) in [7, 11) is -3.43. The Hall–Kier alpha value is -1.89. The van der Waals surface area contributed by atoms with Crippen molar-refractivity contribution in [2.75, 3.05) is 26.0 Å². The fourth-order valence-corrected chi connectivity index (χ4v) is 3.90. The third kappa shape index (κ3) is 8.99. The lowest BCUT2D eigenvalue weighted by Gasteiger charge is -2.23. The van der Waals surface area contributed by atoms with Crippen LogP contribution in [-0.4, -0.2) is 44.1 Å². The molecule has 1 aromatic carbocycles. The first kappa shape index (κ1) is 22.2. The predicted molar refractivity (Wildman–Crippen MR) is 95.9 cm³/mol. The van der Waals surface area contributed by atoms with E-state index in [4.69, 9.17) is 18.5 Å². The Balaban J connectivity index is 2.67. The Labute approximate surface area is 153 Å². The third-order valence-electron chi connectivity index (χ3n) is 3.12. The highest BCUT2D eigenvalue weighted by atomic mass is 31.2. The van der Waals surface area contributed by atoms with Crippen LogP contribution in [0.3, 0.4) is 0 Å². The largest absolute Gasteiger partial charge is 0.464 e. The maximum atomic E-state index is 12.7. The van der Waals surface area contributed by atoms with Gasteiger partial charge >= 0.3 is 19.7 Å². The minimum atomic E-state index is -3.43. The smallest absolute Gasteiger partial charge is 0.407 e. The summed E-state index contributed by atoms with van der Waals surface area (Å²) in [5.74, 6) is -0.517. The van der Waals surface area contributed by atoms with E-state index in [2.05, 4.69) is 5.32 Å². The van der Waals surface area contributed by atoms with Crippen molar-refractivity contribution < 1.29 is 32.7 Å². The van der Waals surface area contributed by atoms with E-state index in [9.17, 15) is 14.2 Å². The molecule has 0 aliphatic heterocycles. The van der Waals surface area contributed by atoms with Crippen molar-refractivity contribution in [3.8, 4) is 0 Å². The Morgan fingerprint density at radius 1 is 1.08 bits per heavy atom. The molecule has 0 fully saturated rings.